The highest BCUT2D eigenvalue weighted by molar-refractivity contribution is 5.26. The van der Waals surface area contributed by atoms with Crippen LogP contribution in [-0.2, 0) is 0 Å². The molecule has 0 saturated carbocycles. The molecular weight excluding hydrogens is 149 g/mol. The highest BCUT2D eigenvalue weighted by Gasteiger charge is 2.02. The van der Waals surface area contributed by atoms with E-state index in [0.717, 1.165) is 0 Å². The highest BCUT2D eigenvalue weighted by atomic mass is 19.1. The largest absolute Gasteiger partial charge is 0.477 e. The van der Waals surface area contributed by atoms with E-state index in [4.69, 9.17) is 10.5 Å². The van der Waals surface area contributed by atoms with Gasteiger partial charge in [0.2, 0.25) is 5.88 Å². The van der Waals surface area contributed by atoms with E-state index < -0.39 is 5.95 Å². The molecule has 0 fully saturated rings. The van der Waals surface area contributed by atoms with Crippen molar-refractivity contribution in [2.75, 3.05) is 12.3 Å². The van der Waals surface area contributed by atoms with Gasteiger partial charge in [0.25, 0.3) is 5.95 Å². The summed E-state index contributed by atoms with van der Waals surface area (Å²) >= 11 is 0. The van der Waals surface area contributed by atoms with Gasteiger partial charge in [0.05, 0.1) is 12.8 Å². The van der Waals surface area contributed by atoms with Crippen LogP contribution in [0.1, 0.15) is 6.92 Å². The first kappa shape index (κ1) is 7.71. The van der Waals surface area contributed by atoms with E-state index in [1.54, 1.807) is 6.92 Å². The molecule has 0 aliphatic heterocycles. The van der Waals surface area contributed by atoms with Crippen molar-refractivity contribution in [1.82, 2.24) is 9.97 Å². The van der Waals surface area contributed by atoms with Crippen molar-refractivity contribution in [1.29, 1.82) is 0 Å². The summed E-state index contributed by atoms with van der Waals surface area (Å²) in [5, 5.41) is 0. The first-order valence-corrected chi connectivity index (χ1v) is 3.15. The van der Waals surface area contributed by atoms with Crippen LogP contribution in [0.25, 0.3) is 0 Å². The summed E-state index contributed by atoms with van der Waals surface area (Å²) in [5.74, 6) is -0.858. The van der Waals surface area contributed by atoms with Gasteiger partial charge in [-0.3, -0.25) is 0 Å². The predicted octanol–water partition coefficient (Wildman–Crippen LogP) is 0.597. The second-order valence-electron chi connectivity index (χ2n) is 1.82. The Morgan fingerprint density at radius 1 is 1.73 bits per heavy atom. The Bertz CT molecular complexity index is 254. The summed E-state index contributed by atoms with van der Waals surface area (Å²) in [6.45, 7) is 2.20. The maximum Gasteiger partial charge on any atom is 0.258 e. The van der Waals surface area contributed by atoms with Gasteiger partial charge in [0.1, 0.15) is 0 Å². The smallest absolute Gasteiger partial charge is 0.258 e. The molecule has 2 N–H and O–H groups in total. The molecule has 0 saturated heterocycles. The molecule has 1 aromatic rings. The standard InChI is InChI=1S/C6H8FN3O/c1-2-11-4-3-9-6(8)5(7)10-4/h3H,2H2,1H3,(H2,8,9). The molecule has 0 spiro atoms. The number of halogens is 1. The van der Waals surface area contributed by atoms with Crippen molar-refractivity contribution in [3.05, 3.63) is 12.1 Å². The van der Waals surface area contributed by atoms with E-state index in [-0.39, 0.29) is 11.7 Å². The van der Waals surface area contributed by atoms with E-state index >= 15 is 0 Å². The Morgan fingerprint density at radius 3 is 3.00 bits per heavy atom. The Labute approximate surface area is 63.2 Å². The van der Waals surface area contributed by atoms with Crippen molar-refractivity contribution >= 4 is 5.82 Å². The number of anilines is 1. The van der Waals surface area contributed by atoms with Gasteiger partial charge in [-0.1, -0.05) is 0 Å². The minimum absolute atomic E-state index is 0.152. The van der Waals surface area contributed by atoms with E-state index in [1.807, 2.05) is 0 Å². The van der Waals surface area contributed by atoms with Crippen LogP contribution in [0.5, 0.6) is 5.88 Å². The van der Waals surface area contributed by atoms with E-state index in [2.05, 4.69) is 9.97 Å². The topological polar surface area (TPSA) is 61.0 Å². The summed E-state index contributed by atoms with van der Waals surface area (Å²) in [7, 11) is 0. The van der Waals surface area contributed by atoms with Crippen LogP contribution in [0, 0.1) is 5.95 Å². The van der Waals surface area contributed by atoms with Crippen molar-refractivity contribution in [2.45, 2.75) is 6.92 Å². The number of ether oxygens (including phenoxy) is 1. The Balaban J connectivity index is 2.86. The monoisotopic (exact) mass is 157 g/mol. The van der Waals surface area contributed by atoms with E-state index in [1.165, 1.54) is 6.20 Å². The Kier molecular flexibility index (Phi) is 2.20. The van der Waals surface area contributed by atoms with Crippen molar-refractivity contribution in [3.63, 3.8) is 0 Å². The lowest BCUT2D eigenvalue weighted by Crippen LogP contribution is -2.01. The summed E-state index contributed by atoms with van der Waals surface area (Å²) < 4.78 is 17.4. The lowest BCUT2D eigenvalue weighted by Gasteiger charge is -2.00. The Morgan fingerprint density at radius 2 is 2.45 bits per heavy atom. The second-order valence-corrected chi connectivity index (χ2v) is 1.82. The highest BCUT2D eigenvalue weighted by Crippen LogP contribution is 2.08. The molecule has 11 heavy (non-hydrogen) atoms. The molecule has 5 heteroatoms. The normalized spacial score (nSPS) is 9.64. The Hall–Kier alpha value is -1.39. The zero-order valence-electron chi connectivity index (χ0n) is 6.04. The van der Waals surface area contributed by atoms with Crippen LogP contribution in [-0.4, -0.2) is 16.6 Å². The van der Waals surface area contributed by atoms with Crippen LogP contribution >= 0.6 is 0 Å². The fraction of sp³-hybridized carbons (Fsp3) is 0.333. The van der Waals surface area contributed by atoms with Crippen LogP contribution in [0.15, 0.2) is 6.20 Å². The van der Waals surface area contributed by atoms with Gasteiger partial charge < -0.3 is 10.5 Å². The average molecular weight is 157 g/mol. The number of nitrogens with zero attached hydrogens (tertiary/aromatic N) is 2. The number of hydrogen-bond acceptors (Lipinski definition) is 4. The maximum atomic E-state index is 12.5. The van der Waals surface area contributed by atoms with Gasteiger partial charge >= 0.3 is 0 Å². The lowest BCUT2D eigenvalue weighted by atomic mass is 10.6. The molecule has 0 unspecified atom stereocenters. The molecule has 0 aromatic carbocycles. The van der Waals surface area contributed by atoms with Gasteiger partial charge in [-0.05, 0) is 6.92 Å². The number of nitrogens with two attached hydrogens (primary N) is 1. The van der Waals surface area contributed by atoms with Gasteiger partial charge in [-0.2, -0.15) is 9.37 Å². The number of hydrogen-bond donors (Lipinski definition) is 1. The van der Waals surface area contributed by atoms with Crippen molar-refractivity contribution in [3.8, 4) is 5.88 Å². The third kappa shape index (κ3) is 1.76. The SMILES string of the molecule is CCOc1cnc(N)c(F)n1. The third-order valence-electron chi connectivity index (χ3n) is 1.03. The molecule has 4 nitrogen and oxygen atoms in total. The molecule has 1 heterocycles. The van der Waals surface area contributed by atoms with Gasteiger partial charge in [-0.25, -0.2) is 4.98 Å². The zero-order chi connectivity index (χ0) is 8.27. The number of rotatable bonds is 2. The third-order valence-corrected chi connectivity index (χ3v) is 1.03. The van der Waals surface area contributed by atoms with Crippen molar-refractivity contribution in [2.24, 2.45) is 0 Å². The molecule has 0 amide bonds. The van der Waals surface area contributed by atoms with Crippen LogP contribution in [0.4, 0.5) is 10.2 Å². The molecule has 60 valence electrons. The summed E-state index contributed by atoms with van der Waals surface area (Å²) in [4.78, 5) is 6.90. The van der Waals surface area contributed by atoms with Gasteiger partial charge in [-0.15, -0.1) is 0 Å². The average Bonchev–Trinajstić information content (AvgIpc) is 1.98. The van der Waals surface area contributed by atoms with Crippen LogP contribution in [0.3, 0.4) is 0 Å². The lowest BCUT2D eigenvalue weighted by molar-refractivity contribution is 0.319. The second kappa shape index (κ2) is 3.14. The summed E-state index contributed by atoms with van der Waals surface area (Å²) in [5.41, 5.74) is 5.08. The number of aromatic nitrogens is 2. The predicted molar refractivity (Wildman–Crippen MR) is 37.6 cm³/mol. The van der Waals surface area contributed by atoms with E-state index in [0.29, 0.717) is 6.61 Å². The molecule has 0 radical (unpaired) electrons. The van der Waals surface area contributed by atoms with Crippen LogP contribution in [0.2, 0.25) is 0 Å². The van der Waals surface area contributed by atoms with Crippen molar-refractivity contribution < 1.29 is 9.13 Å². The molecule has 0 bridgehead atoms. The minimum atomic E-state index is -0.795. The van der Waals surface area contributed by atoms with Gasteiger partial charge in [0.15, 0.2) is 5.82 Å². The van der Waals surface area contributed by atoms with Crippen LogP contribution < -0.4 is 10.5 Å². The fourth-order valence-electron chi connectivity index (χ4n) is 0.578. The minimum Gasteiger partial charge on any atom is -0.477 e. The summed E-state index contributed by atoms with van der Waals surface area (Å²) in [6.07, 6.45) is 1.28. The molecule has 0 atom stereocenters. The first-order chi connectivity index (χ1) is 5.24. The quantitative estimate of drug-likeness (QED) is 0.682. The van der Waals surface area contributed by atoms with Gasteiger partial charge in [0, 0.05) is 0 Å². The molecule has 1 rings (SSSR count). The molecule has 0 aliphatic rings. The fourth-order valence-corrected chi connectivity index (χ4v) is 0.578. The zero-order valence-corrected chi connectivity index (χ0v) is 6.04. The maximum absolute atomic E-state index is 12.5. The number of nitrogen functional groups attached to an aromatic ring is 1. The first-order valence-electron chi connectivity index (χ1n) is 3.15. The molecule has 1 aromatic heterocycles. The van der Waals surface area contributed by atoms with E-state index in [9.17, 15) is 4.39 Å². The summed E-state index contributed by atoms with van der Waals surface area (Å²) in [6, 6.07) is 0. The molecular formula is C6H8FN3O. The molecule has 0 aliphatic carbocycles.